The van der Waals surface area contributed by atoms with Crippen LogP contribution in [0.5, 0.6) is 5.75 Å². The number of hydrogen-bond acceptors (Lipinski definition) is 4. The lowest BCUT2D eigenvalue weighted by molar-refractivity contribution is 0.415. The summed E-state index contributed by atoms with van der Waals surface area (Å²) < 4.78 is 14.8. The van der Waals surface area contributed by atoms with Gasteiger partial charge in [0.1, 0.15) is 16.9 Å². The number of furan rings is 1. The highest BCUT2D eigenvalue weighted by atomic mass is 16.5. The van der Waals surface area contributed by atoms with Crippen LogP contribution < -0.4 is 15.6 Å². The number of allylic oxidation sites excluding steroid dienone is 7. The molecule has 308 valence electrons. The highest BCUT2D eigenvalue weighted by molar-refractivity contribution is 6.10. The number of rotatable bonds is 12. The second-order valence-corrected chi connectivity index (χ2v) is 17.0. The Bertz CT molecular complexity index is 3040. The molecule has 1 unspecified atom stereocenters. The molecule has 2 aromatic heterocycles. The number of nitrogens with one attached hydrogen (secondary N) is 2. The third-order valence-electron chi connectivity index (χ3n) is 12.6. The third-order valence-corrected chi connectivity index (χ3v) is 12.6. The summed E-state index contributed by atoms with van der Waals surface area (Å²) in [5.41, 5.74) is 24.6. The van der Waals surface area contributed by atoms with Crippen molar-refractivity contribution in [1.29, 1.82) is 0 Å². The Morgan fingerprint density at radius 1 is 0.774 bits per heavy atom. The number of benzene rings is 6. The van der Waals surface area contributed by atoms with Gasteiger partial charge in [-0.05, 0) is 134 Å². The van der Waals surface area contributed by atoms with E-state index in [1.165, 1.54) is 62.0 Å². The number of hydrogen-bond donors (Lipinski definition) is 2. The zero-order valence-electron chi connectivity index (χ0n) is 35.9. The first kappa shape index (κ1) is 39.3. The van der Waals surface area contributed by atoms with Crippen LogP contribution >= 0.6 is 0 Å². The fourth-order valence-electron chi connectivity index (χ4n) is 9.57. The molecule has 0 saturated carbocycles. The molecule has 0 bridgehead atoms. The van der Waals surface area contributed by atoms with Crippen molar-refractivity contribution in [1.82, 2.24) is 15.4 Å². The molecule has 2 heterocycles. The van der Waals surface area contributed by atoms with Gasteiger partial charge in [0.15, 0.2) is 0 Å². The van der Waals surface area contributed by atoms with Gasteiger partial charge < -0.3 is 19.1 Å². The Hall–Kier alpha value is -6.82. The van der Waals surface area contributed by atoms with Crippen molar-refractivity contribution in [2.75, 3.05) is 7.11 Å². The molecule has 0 aliphatic heterocycles. The summed E-state index contributed by atoms with van der Waals surface area (Å²) in [5, 5.41) is 3.45. The lowest BCUT2D eigenvalue weighted by atomic mass is 9.90. The maximum atomic E-state index is 6.48. The van der Waals surface area contributed by atoms with Gasteiger partial charge >= 0.3 is 0 Å². The molecule has 2 aliphatic rings. The highest BCUT2D eigenvalue weighted by Crippen LogP contribution is 2.43. The molecule has 5 nitrogen and oxygen atoms in total. The van der Waals surface area contributed by atoms with Gasteiger partial charge in [0.2, 0.25) is 0 Å². The van der Waals surface area contributed by atoms with E-state index in [2.05, 4.69) is 181 Å². The Labute approximate surface area is 364 Å². The van der Waals surface area contributed by atoms with Crippen LogP contribution in [0.15, 0.2) is 174 Å². The highest BCUT2D eigenvalue weighted by Gasteiger charge is 2.24. The van der Waals surface area contributed by atoms with Gasteiger partial charge in [-0.1, -0.05) is 127 Å². The van der Waals surface area contributed by atoms with E-state index >= 15 is 0 Å². The van der Waals surface area contributed by atoms with E-state index in [0.29, 0.717) is 5.92 Å². The molecule has 0 fully saturated rings. The molecule has 0 amide bonds. The van der Waals surface area contributed by atoms with Crippen LogP contribution in [0.25, 0.3) is 72.1 Å². The Morgan fingerprint density at radius 2 is 1.58 bits per heavy atom. The van der Waals surface area contributed by atoms with Crippen LogP contribution in [-0.4, -0.2) is 11.7 Å². The fraction of sp³-hybridized carbons (Fsp3) is 0.193. The maximum Gasteiger partial charge on any atom is 0.143 e. The average molecular weight is 812 g/mol. The number of hydrazine groups is 1. The number of ether oxygens (including phenoxy) is 1. The molecule has 2 aliphatic carbocycles. The van der Waals surface area contributed by atoms with Crippen molar-refractivity contribution < 1.29 is 9.15 Å². The zero-order valence-corrected chi connectivity index (χ0v) is 35.9. The number of nitrogens with zero attached hydrogens (tertiary/aromatic N) is 1. The first-order valence-corrected chi connectivity index (χ1v) is 22.1. The largest absolute Gasteiger partial charge is 0.497 e. The molecule has 62 heavy (non-hydrogen) atoms. The lowest BCUT2D eigenvalue weighted by Gasteiger charge is -2.20. The monoisotopic (exact) mass is 811 g/mol. The van der Waals surface area contributed by atoms with Crippen LogP contribution in [0.2, 0.25) is 0 Å². The van der Waals surface area contributed by atoms with Crippen molar-refractivity contribution in [2.24, 2.45) is 5.92 Å². The summed E-state index contributed by atoms with van der Waals surface area (Å²) in [6.07, 6.45) is 18.4. The molecular weight excluding hydrogens is 759 g/mol. The number of methoxy groups -OCH3 is 1. The molecule has 10 rings (SSSR count). The molecule has 6 aromatic carbocycles. The van der Waals surface area contributed by atoms with Gasteiger partial charge in [0.25, 0.3) is 0 Å². The molecule has 8 aromatic rings. The lowest BCUT2D eigenvalue weighted by Crippen LogP contribution is -2.30. The minimum atomic E-state index is 0.652. The fourth-order valence-corrected chi connectivity index (χ4v) is 9.57. The average Bonchev–Trinajstić information content (AvgIpc) is 3.86. The van der Waals surface area contributed by atoms with Gasteiger partial charge in [-0.2, -0.15) is 0 Å². The van der Waals surface area contributed by atoms with E-state index in [9.17, 15) is 0 Å². The molecular formula is C57H53N3O2. The summed E-state index contributed by atoms with van der Waals surface area (Å²) in [7, 11) is 1.73. The summed E-state index contributed by atoms with van der Waals surface area (Å²) in [6, 6.07) is 47.9. The second kappa shape index (κ2) is 17.3. The van der Waals surface area contributed by atoms with Gasteiger partial charge in [-0.25, -0.2) is 5.43 Å². The van der Waals surface area contributed by atoms with Gasteiger partial charge in [-0.3, -0.25) is 0 Å². The molecule has 2 N–H and O–H groups in total. The van der Waals surface area contributed by atoms with Crippen molar-refractivity contribution >= 4 is 44.1 Å². The van der Waals surface area contributed by atoms with Crippen LogP contribution in [-0.2, 0) is 13.0 Å². The third kappa shape index (κ3) is 7.69. The SMILES string of the molecule is COc1cc(-c2ccc(-n3c4c(c5cc(-c6ccccc6/C(=C/CC6CC=CCC6)NNCc6ccccc6)ccc53)CCC=C4C=C(C)C)cc2)c2oc3ccccc3c2c1. The minimum Gasteiger partial charge on any atom is -0.497 e. The Balaban J connectivity index is 1.06. The molecule has 0 saturated heterocycles. The van der Waals surface area contributed by atoms with E-state index in [4.69, 9.17) is 9.15 Å². The standard InChI is InChI=1S/C57H53N3O2/c1-38(2)33-43-19-14-23-49-51-34-42(46-20-10-11-21-47(46)53(31-25-39-15-6-4-7-16-39)59-58-37-40-17-8-5-9-18-40)28-32-54(51)60(56(43)49)44-29-26-41(27-30-44)50-35-45(61-3)36-52-48-22-12-13-24-55(48)62-57(50)52/h4-6,8-13,17-22,24,26-36,39,58-59H,7,14-16,23,25,37H2,1-3H3/b53-31-. The van der Waals surface area contributed by atoms with Crippen LogP contribution in [0, 0.1) is 5.92 Å². The molecule has 1 atom stereocenters. The van der Waals surface area contributed by atoms with Gasteiger partial charge in [0.05, 0.1) is 24.0 Å². The molecule has 0 radical (unpaired) electrons. The number of fused-ring (bicyclic) bond motifs is 6. The molecule has 0 spiro atoms. The Kier molecular flexibility index (Phi) is 11.0. The second-order valence-electron chi connectivity index (χ2n) is 17.0. The van der Waals surface area contributed by atoms with Crippen molar-refractivity contribution in [3.8, 4) is 33.7 Å². The van der Waals surface area contributed by atoms with E-state index in [-0.39, 0.29) is 0 Å². The zero-order chi connectivity index (χ0) is 42.0. The molecule has 5 heteroatoms. The number of para-hydroxylation sites is 1. The summed E-state index contributed by atoms with van der Waals surface area (Å²) >= 11 is 0. The van der Waals surface area contributed by atoms with Gasteiger partial charge in [-0.15, -0.1) is 0 Å². The van der Waals surface area contributed by atoms with E-state index < -0.39 is 0 Å². The maximum absolute atomic E-state index is 6.48. The Morgan fingerprint density at radius 3 is 2.40 bits per heavy atom. The first-order valence-electron chi connectivity index (χ1n) is 22.1. The predicted octanol–water partition coefficient (Wildman–Crippen LogP) is 14.5. The summed E-state index contributed by atoms with van der Waals surface area (Å²) in [6.45, 7) is 5.11. The van der Waals surface area contributed by atoms with Crippen molar-refractivity contribution in [2.45, 2.75) is 58.9 Å². The van der Waals surface area contributed by atoms with Crippen LogP contribution in [0.4, 0.5) is 0 Å². The minimum absolute atomic E-state index is 0.652. The van der Waals surface area contributed by atoms with Crippen molar-refractivity contribution in [3.05, 3.63) is 192 Å². The summed E-state index contributed by atoms with van der Waals surface area (Å²) in [5.74, 6) is 1.46. The number of aryl methyl sites for hydroxylation is 1. The normalized spacial score (nSPS) is 15.2. The van der Waals surface area contributed by atoms with E-state index in [1.54, 1.807) is 7.11 Å². The van der Waals surface area contributed by atoms with Crippen molar-refractivity contribution in [3.63, 3.8) is 0 Å². The quantitative estimate of drug-likeness (QED) is 0.0953. The summed E-state index contributed by atoms with van der Waals surface area (Å²) in [4.78, 5) is 0. The smallest absolute Gasteiger partial charge is 0.143 e. The predicted molar refractivity (Wildman–Crippen MR) is 259 cm³/mol. The number of aromatic nitrogens is 1. The topological polar surface area (TPSA) is 51.4 Å². The van der Waals surface area contributed by atoms with E-state index in [0.717, 1.165) is 88.8 Å². The first-order chi connectivity index (χ1) is 30.5. The van der Waals surface area contributed by atoms with Crippen LogP contribution in [0.3, 0.4) is 0 Å². The van der Waals surface area contributed by atoms with E-state index in [1.807, 2.05) is 12.1 Å². The van der Waals surface area contributed by atoms with Crippen LogP contribution in [0.1, 0.15) is 68.3 Å². The van der Waals surface area contributed by atoms with Gasteiger partial charge in [0, 0.05) is 39.5 Å².